The molecule has 4 N–H and O–H groups in total. The molecule has 0 unspecified atom stereocenters. The molecular formula is C21H29FN3O5S-. The van der Waals surface area contributed by atoms with E-state index in [9.17, 15) is 28.8 Å². The average Bonchev–Trinajstić information content (AvgIpc) is 2.70. The van der Waals surface area contributed by atoms with Crippen LogP contribution in [0, 0.1) is 5.82 Å². The molecule has 0 saturated carbocycles. The molecule has 2 aromatic rings. The zero-order valence-electron chi connectivity index (χ0n) is 17.9. The van der Waals surface area contributed by atoms with Crippen molar-refractivity contribution in [1.29, 1.82) is 0 Å². The molecule has 31 heavy (non-hydrogen) atoms. The quantitative estimate of drug-likeness (QED) is 0.454. The van der Waals surface area contributed by atoms with E-state index in [0.29, 0.717) is 22.5 Å². The lowest BCUT2D eigenvalue weighted by atomic mass is 9.97. The summed E-state index contributed by atoms with van der Waals surface area (Å²) in [6.07, 6.45) is 1.96. The number of benzene rings is 1. The first kappa shape index (κ1) is 25.2. The fraction of sp³-hybridized carbons (Fsp3) is 0.429. The molecule has 1 aromatic heterocycles. The lowest BCUT2D eigenvalue weighted by Crippen LogP contribution is -2.27. The van der Waals surface area contributed by atoms with E-state index in [1.54, 1.807) is 18.2 Å². The summed E-state index contributed by atoms with van der Waals surface area (Å²) in [7, 11) is -1.66. The van der Waals surface area contributed by atoms with Gasteiger partial charge >= 0.3 is 0 Å². The second kappa shape index (κ2) is 10.5. The first-order valence-electron chi connectivity index (χ1n) is 9.71. The van der Waals surface area contributed by atoms with Gasteiger partial charge in [0.05, 0.1) is 17.5 Å². The standard InChI is InChI=1S/C21H29FN3O5S/c1-13(2)19-18(10-9-16(27)11-17(28)12-26)20(14-5-7-15(22)8-6-14)24-21(23-19)25(3)31(4,29)30/h5-10,13,16-17,27-30H,11-12H2,1-4H3/q-1/b10-9+/t16-,17-/m1/s1. The van der Waals surface area contributed by atoms with Crippen molar-refractivity contribution in [3.63, 3.8) is 0 Å². The van der Waals surface area contributed by atoms with Gasteiger partial charge in [0.15, 0.2) is 0 Å². The predicted octanol–water partition coefficient (Wildman–Crippen LogP) is 2.62. The Balaban J connectivity index is 2.66. The van der Waals surface area contributed by atoms with Crippen molar-refractivity contribution in [3.05, 3.63) is 47.4 Å². The molecule has 0 amide bonds. The van der Waals surface area contributed by atoms with Crippen LogP contribution in [0.5, 0.6) is 0 Å². The third-order valence-corrected chi connectivity index (χ3v) is 5.82. The molecule has 0 aliphatic heterocycles. The molecule has 0 fully saturated rings. The number of anilines is 1. The van der Waals surface area contributed by atoms with E-state index < -0.39 is 35.4 Å². The summed E-state index contributed by atoms with van der Waals surface area (Å²) in [5.41, 5.74) is 2.12. The topological polar surface area (TPSA) is 133 Å². The molecule has 1 heterocycles. The molecular weight excluding hydrogens is 425 g/mol. The maximum absolute atomic E-state index is 13.5. The van der Waals surface area contributed by atoms with Crippen molar-refractivity contribution in [3.8, 4) is 11.3 Å². The van der Waals surface area contributed by atoms with Gasteiger partial charge in [0.25, 0.3) is 0 Å². The van der Waals surface area contributed by atoms with Gasteiger partial charge in [-0.1, -0.05) is 26.0 Å². The Kier molecular flexibility index (Phi) is 8.52. The lowest BCUT2D eigenvalue weighted by molar-refractivity contribution is -0.384. The van der Waals surface area contributed by atoms with E-state index in [-0.39, 0.29) is 18.3 Å². The van der Waals surface area contributed by atoms with E-state index >= 15 is 0 Å². The average molecular weight is 455 g/mol. The van der Waals surface area contributed by atoms with Gasteiger partial charge in [-0.05, 0) is 30.2 Å². The van der Waals surface area contributed by atoms with Crippen LogP contribution < -0.4 is 9.41 Å². The normalized spacial score (nSPS) is 14.8. The molecule has 172 valence electrons. The maximum atomic E-state index is 13.5. The minimum Gasteiger partial charge on any atom is -0.853 e. The zero-order valence-corrected chi connectivity index (χ0v) is 18.8. The van der Waals surface area contributed by atoms with Gasteiger partial charge in [0, 0.05) is 37.0 Å². The van der Waals surface area contributed by atoms with Crippen LogP contribution >= 0.6 is 10.8 Å². The predicted molar refractivity (Wildman–Crippen MR) is 119 cm³/mol. The highest BCUT2D eigenvalue weighted by Gasteiger charge is 2.22. The smallest absolute Gasteiger partial charge is 0.244 e. The Morgan fingerprint density at radius 3 is 2.29 bits per heavy atom. The second-order valence-electron chi connectivity index (χ2n) is 7.61. The number of hydrogen-bond donors (Lipinski definition) is 4. The minimum atomic E-state index is -3.13. The zero-order chi connectivity index (χ0) is 23.3. The Bertz CT molecular complexity index is 903. The summed E-state index contributed by atoms with van der Waals surface area (Å²) < 4.78 is 34.8. The monoisotopic (exact) mass is 454 g/mol. The van der Waals surface area contributed by atoms with E-state index in [2.05, 4.69) is 9.97 Å². The number of rotatable bonds is 9. The highest BCUT2D eigenvalue weighted by molar-refractivity contribution is 8.24. The molecule has 2 rings (SSSR count). The highest BCUT2D eigenvalue weighted by Crippen LogP contribution is 2.41. The van der Waals surface area contributed by atoms with Crippen LogP contribution in [0.1, 0.15) is 37.4 Å². The van der Waals surface area contributed by atoms with Gasteiger partial charge in [-0.15, -0.1) is 17.4 Å². The summed E-state index contributed by atoms with van der Waals surface area (Å²) in [5, 5.41) is 30.4. The van der Waals surface area contributed by atoms with Crippen LogP contribution in [0.25, 0.3) is 17.3 Å². The van der Waals surface area contributed by atoms with E-state index in [1.165, 1.54) is 35.8 Å². The first-order valence-corrected chi connectivity index (χ1v) is 11.6. The Morgan fingerprint density at radius 2 is 1.77 bits per heavy atom. The number of halogens is 1. The van der Waals surface area contributed by atoms with Crippen molar-refractivity contribution >= 4 is 22.8 Å². The van der Waals surface area contributed by atoms with Crippen LogP contribution in [-0.4, -0.2) is 61.4 Å². The van der Waals surface area contributed by atoms with Crippen LogP contribution in [0.3, 0.4) is 0 Å². The third kappa shape index (κ3) is 6.70. The molecule has 0 aliphatic rings. The lowest BCUT2D eigenvalue weighted by Gasteiger charge is -2.37. The van der Waals surface area contributed by atoms with E-state index in [1.807, 2.05) is 13.8 Å². The SMILES string of the molecule is CC(C)c1nc(N(C)S(C)(O)O)nc(-c2ccc(F)cc2)c1/C=C/[C@@H](O)C[C@@H](O)C[O-]. The van der Waals surface area contributed by atoms with Gasteiger partial charge in [-0.25, -0.2) is 18.7 Å². The summed E-state index contributed by atoms with van der Waals surface area (Å²) in [5.74, 6) is -0.428. The van der Waals surface area contributed by atoms with Crippen LogP contribution in [0.15, 0.2) is 30.3 Å². The van der Waals surface area contributed by atoms with Gasteiger partial charge in [0.2, 0.25) is 5.95 Å². The Hall–Kier alpha value is -2.08. The number of nitrogens with zero attached hydrogens (tertiary/aromatic N) is 3. The Morgan fingerprint density at radius 1 is 1.16 bits per heavy atom. The molecule has 0 saturated heterocycles. The molecule has 0 radical (unpaired) electrons. The third-order valence-electron chi connectivity index (χ3n) is 4.62. The van der Waals surface area contributed by atoms with Crippen molar-refractivity contribution in [2.24, 2.45) is 0 Å². The molecule has 10 heteroatoms. The molecule has 0 spiro atoms. The minimum absolute atomic E-state index is 0.0880. The maximum Gasteiger partial charge on any atom is 0.244 e. The number of aromatic nitrogens is 2. The molecule has 2 atom stereocenters. The van der Waals surface area contributed by atoms with Crippen molar-refractivity contribution in [1.82, 2.24) is 9.97 Å². The summed E-state index contributed by atoms with van der Waals surface area (Å²) in [4.78, 5) is 9.00. The second-order valence-corrected chi connectivity index (χ2v) is 9.74. The highest BCUT2D eigenvalue weighted by atomic mass is 32.3. The molecule has 1 aromatic carbocycles. The Labute approximate surface area is 183 Å². The van der Waals surface area contributed by atoms with Gasteiger partial charge in [-0.3, -0.25) is 9.11 Å². The van der Waals surface area contributed by atoms with Gasteiger partial charge in [-0.2, -0.15) is 0 Å². The summed E-state index contributed by atoms with van der Waals surface area (Å²) in [6.45, 7) is 3.09. The van der Waals surface area contributed by atoms with Crippen molar-refractivity contribution in [2.45, 2.75) is 38.4 Å². The van der Waals surface area contributed by atoms with Crippen LogP contribution in [-0.2, 0) is 0 Å². The first-order chi connectivity index (χ1) is 14.4. The summed E-state index contributed by atoms with van der Waals surface area (Å²) in [6, 6.07) is 5.67. The van der Waals surface area contributed by atoms with Crippen LogP contribution in [0.2, 0.25) is 0 Å². The molecule has 8 nitrogen and oxygen atoms in total. The number of hydrogen-bond acceptors (Lipinski definition) is 8. The van der Waals surface area contributed by atoms with Gasteiger partial charge < -0.3 is 15.3 Å². The van der Waals surface area contributed by atoms with Crippen molar-refractivity contribution in [2.75, 3.05) is 24.2 Å². The largest absolute Gasteiger partial charge is 0.853 e. The fourth-order valence-corrected chi connectivity index (χ4v) is 3.23. The molecule has 0 bridgehead atoms. The van der Waals surface area contributed by atoms with Crippen molar-refractivity contribution < 1.29 is 28.8 Å². The van der Waals surface area contributed by atoms with E-state index in [4.69, 9.17) is 0 Å². The number of aliphatic hydroxyl groups excluding tert-OH is 2. The van der Waals surface area contributed by atoms with E-state index in [0.717, 1.165) is 0 Å². The van der Waals surface area contributed by atoms with Gasteiger partial charge in [0.1, 0.15) is 5.82 Å². The summed E-state index contributed by atoms with van der Waals surface area (Å²) >= 11 is 0. The number of aliphatic hydroxyl groups is 2. The van der Waals surface area contributed by atoms with Crippen LogP contribution in [0.4, 0.5) is 10.3 Å². The fourth-order valence-electron chi connectivity index (χ4n) is 2.83. The molecule has 0 aliphatic carbocycles.